The first kappa shape index (κ1) is 14.9. The van der Waals surface area contributed by atoms with Crippen LogP contribution >= 0.6 is 11.8 Å². The zero-order chi connectivity index (χ0) is 14.5. The number of rotatable bonds is 5. The van der Waals surface area contributed by atoms with Gasteiger partial charge in [-0.2, -0.15) is 0 Å². The normalized spacial score (nSPS) is 10.6. The highest BCUT2D eigenvalue weighted by molar-refractivity contribution is 7.98. The molecule has 0 aliphatic carbocycles. The predicted octanol–water partition coefficient (Wildman–Crippen LogP) is 3.99. The number of nitrogens with one attached hydrogen (secondary N) is 1. The highest BCUT2D eigenvalue weighted by Crippen LogP contribution is 2.26. The third-order valence-electron chi connectivity index (χ3n) is 3.30. The Bertz CT molecular complexity index is 596. The van der Waals surface area contributed by atoms with E-state index >= 15 is 0 Å². The monoisotopic (exact) mass is 287 g/mol. The molecule has 0 aliphatic heterocycles. The number of aromatic nitrogens is 2. The number of thioether (sulfide) groups is 1. The Morgan fingerprint density at radius 2 is 1.90 bits per heavy atom. The van der Waals surface area contributed by atoms with Gasteiger partial charge >= 0.3 is 0 Å². The molecular formula is C16H21N3S. The summed E-state index contributed by atoms with van der Waals surface area (Å²) in [5, 5.41) is 3.18. The molecule has 1 aromatic carbocycles. The summed E-state index contributed by atoms with van der Waals surface area (Å²) in [5.41, 5.74) is 3.58. The minimum Gasteiger partial charge on any atom is -0.373 e. The summed E-state index contributed by atoms with van der Waals surface area (Å²) in [5.74, 6) is 2.64. The maximum absolute atomic E-state index is 4.63. The lowest BCUT2D eigenvalue weighted by Crippen LogP contribution is -2.06. The molecule has 2 aromatic rings. The van der Waals surface area contributed by atoms with Gasteiger partial charge in [0, 0.05) is 23.2 Å². The molecule has 0 saturated carbocycles. The van der Waals surface area contributed by atoms with Crippen LogP contribution in [0.3, 0.4) is 0 Å². The third-order valence-corrected chi connectivity index (χ3v) is 4.47. The van der Waals surface area contributed by atoms with Crippen molar-refractivity contribution in [3.8, 4) is 0 Å². The maximum Gasteiger partial charge on any atom is 0.141 e. The summed E-state index contributed by atoms with van der Waals surface area (Å²) >= 11 is 1.79. The Morgan fingerprint density at radius 3 is 2.55 bits per heavy atom. The van der Waals surface area contributed by atoms with E-state index in [-0.39, 0.29) is 0 Å². The van der Waals surface area contributed by atoms with E-state index in [9.17, 15) is 0 Å². The number of hydrogen-bond acceptors (Lipinski definition) is 4. The molecule has 4 heteroatoms. The Kier molecular flexibility index (Phi) is 5.01. The standard InChI is InChI=1S/C16H21N3S/c1-5-13-12(3)18-15(19-16(13)17-4)10-20-14-9-7-6-8-11(14)2/h6-9H,5,10H2,1-4H3,(H,17,18,19). The zero-order valence-electron chi connectivity index (χ0n) is 12.5. The fourth-order valence-corrected chi connectivity index (χ4v) is 3.09. The van der Waals surface area contributed by atoms with Crippen molar-refractivity contribution in [2.24, 2.45) is 0 Å². The molecule has 1 heterocycles. The minimum absolute atomic E-state index is 0.796. The Labute approximate surface area is 125 Å². The minimum atomic E-state index is 0.796. The zero-order valence-corrected chi connectivity index (χ0v) is 13.3. The van der Waals surface area contributed by atoms with Gasteiger partial charge in [0.05, 0.1) is 5.75 Å². The summed E-state index contributed by atoms with van der Waals surface area (Å²) in [4.78, 5) is 10.5. The van der Waals surface area contributed by atoms with Crippen molar-refractivity contribution in [2.45, 2.75) is 37.8 Å². The van der Waals surface area contributed by atoms with Crippen LogP contribution in [-0.4, -0.2) is 17.0 Å². The SMILES string of the molecule is CCc1c(C)nc(CSc2ccccc2C)nc1NC. The van der Waals surface area contributed by atoms with Gasteiger partial charge in [-0.05, 0) is 31.9 Å². The second-order valence-corrected chi connectivity index (χ2v) is 5.73. The predicted molar refractivity (Wildman–Crippen MR) is 86.4 cm³/mol. The van der Waals surface area contributed by atoms with Crippen molar-refractivity contribution in [2.75, 3.05) is 12.4 Å². The largest absolute Gasteiger partial charge is 0.373 e. The lowest BCUT2D eigenvalue weighted by Gasteiger charge is -2.11. The molecular weight excluding hydrogens is 266 g/mol. The molecule has 0 unspecified atom stereocenters. The highest BCUT2D eigenvalue weighted by atomic mass is 32.2. The van der Waals surface area contributed by atoms with Gasteiger partial charge in [0.15, 0.2) is 0 Å². The molecule has 1 N–H and O–H groups in total. The van der Waals surface area contributed by atoms with E-state index in [0.29, 0.717) is 0 Å². The van der Waals surface area contributed by atoms with Crippen LogP contribution in [0.4, 0.5) is 5.82 Å². The number of aryl methyl sites for hydroxylation is 2. The molecule has 2 rings (SSSR count). The molecule has 3 nitrogen and oxygen atoms in total. The summed E-state index contributed by atoms with van der Waals surface area (Å²) in [6.07, 6.45) is 0.952. The first-order valence-corrected chi connectivity index (χ1v) is 7.86. The second-order valence-electron chi connectivity index (χ2n) is 4.71. The van der Waals surface area contributed by atoms with Gasteiger partial charge in [0.2, 0.25) is 0 Å². The van der Waals surface area contributed by atoms with E-state index in [1.165, 1.54) is 16.0 Å². The smallest absolute Gasteiger partial charge is 0.141 e. The van der Waals surface area contributed by atoms with Crippen molar-refractivity contribution in [3.05, 3.63) is 46.9 Å². The summed E-state index contributed by atoms with van der Waals surface area (Å²) in [6.45, 7) is 6.32. The summed E-state index contributed by atoms with van der Waals surface area (Å²) in [6, 6.07) is 8.41. The molecule has 0 amide bonds. The lowest BCUT2D eigenvalue weighted by atomic mass is 10.1. The quantitative estimate of drug-likeness (QED) is 0.844. The van der Waals surface area contributed by atoms with Gasteiger partial charge in [-0.1, -0.05) is 25.1 Å². The fraction of sp³-hybridized carbons (Fsp3) is 0.375. The van der Waals surface area contributed by atoms with Gasteiger partial charge in [-0.15, -0.1) is 11.8 Å². The van der Waals surface area contributed by atoms with Gasteiger partial charge in [0.25, 0.3) is 0 Å². The Hall–Kier alpha value is -1.55. The average Bonchev–Trinajstić information content (AvgIpc) is 2.45. The van der Waals surface area contributed by atoms with Gasteiger partial charge < -0.3 is 5.32 Å². The van der Waals surface area contributed by atoms with E-state index in [0.717, 1.165) is 29.5 Å². The molecule has 0 atom stereocenters. The van der Waals surface area contributed by atoms with E-state index in [1.807, 2.05) is 7.05 Å². The van der Waals surface area contributed by atoms with Crippen molar-refractivity contribution < 1.29 is 0 Å². The second kappa shape index (κ2) is 6.75. The van der Waals surface area contributed by atoms with Crippen LogP contribution in [0.1, 0.15) is 29.6 Å². The van der Waals surface area contributed by atoms with Crippen LogP contribution < -0.4 is 5.32 Å². The average molecular weight is 287 g/mol. The maximum atomic E-state index is 4.63. The van der Waals surface area contributed by atoms with Crippen LogP contribution in [0.2, 0.25) is 0 Å². The van der Waals surface area contributed by atoms with Crippen LogP contribution in [0.5, 0.6) is 0 Å². The van der Waals surface area contributed by atoms with Crippen LogP contribution in [-0.2, 0) is 12.2 Å². The molecule has 0 fully saturated rings. The van der Waals surface area contributed by atoms with E-state index in [2.05, 4.69) is 60.3 Å². The molecule has 0 radical (unpaired) electrons. The molecule has 0 bridgehead atoms. The van der Waals surface area contributed by atoms with Crippen molar-refractivity contribution in [3.63, 3.8) is 0 Å². The Morgan fingerprint density at radius 1 is 1.15 bits per heavy atom. The molecule has 0 spiro atoms. The Balaban J connectivity index is 2.18. The number of hydrogen-bond donors (Lipinski definition) is 1. The topological polar surface area (TPSA) is 37.8 Å². The molecule has 106 valence electrons. The number of nitrogens with zero attached hydrogens (tertiary/aromatic N) is 2. The van der Waals surface area contributed by atoms with Gasteiger partial charge in [0.1, 0.15) is 11.6 Å². The van der Waals surface area contributed by atoms with Gasteiger partial charge in [-0.25, -0.2) is 9.97 Å². The van der Waals surface area contributed by atoms with Crippen LogP contribution in [0, 0.1) is 13.8 Å². The summed E-state index contributed by atoms with van der Waals surface area (Å²) < 4.78 is 0. The van der Waals surface area contributed by atoms with Crippen molar-refractivity contribution >= 4 is 17.6 Å². The first-order chi connectivity index (χ1) is 9.65. The summed E-state index contributed by atoms with van der Waals surface area (Å²) in [7, 11) is 1.92. The van der Waals surface area contributed by atoms with Crippen LogP contribution in [0.25, 0.3) is 0 Å². The number of benzene rings is 1. The van der Waals surface area contributed by atoms with E-state index in [1.54, 1.807) is 11.8 Å². The fourth-order valence-electron chi connectivity index (χ4n) is 2.21. The third kappa shape index (κ3) is 3.31. The molecule has 0 saturated heterocycles. The lowest BCUT2D eigenvalue weighted by molar-refractivity contribution is 0.941. The van der Waals surface area contributed by atoms with E-state index < -0.39 is 0 Å². The first-order valence-electron chi connectivity index (χ1n) is 6.88. The molecule has 1 aromatic heterocycles. The van der Waals surface area contributed by atoms with Crippen LogP contribution in [0.15, 0.2) is 29.2 Å². The molecule has 0 aliphatic rings. The number of anilines is 1. The van der Waals surface area contributed by atoms with Crippen molar-refractivity contribution in [1.29, 1.82) is 0 Å². The highest BCUT2D eigenvalue weighted by Gasteiger charge is 2.09. The van der Waals surface area contributed by atoms with Gasteiger partial charge in [-0.3, -0.25) is 0 Å². The molecule has 20 heavy (non-hydrogen) atoms. The van der Waals surface area contributed by atoms with E-state index in [4.69, 9.17) is 0 Å². The van der Waals surface area contributed by atoms with Crippen molar-refractivity contribution in [1.82, 2.24) is 9.97 Å².